The first-order valence-electron chi connectivity index (χ1n) is 9.25. The molecule has 0 bridgehead atoms. The Kier molecular flexibility index (Phi) is 4.72. The Balaban J connectivity index is 1.30. The van der Waals surface area contributed by atoms with E-state index in [0.717, 1.165) is 19.4 Å². The fourth-order valence-electron chi connectivity index (χ4n) is 3.61. The summed E-state index contributed by atoms with van der Waals surface area (Å²) in [5.41, 5.74) is 0.554. The van der Waals surface area contributed by atoms with Crippen molar-refractivity contribution in [2.75, 3.05) is 26.3 Å². The second-order valence-electron chi connectivity index (χ2n) is 7.42. The van der Waals surface area contributed by atoms with Crippen molar-refractivity contribution in [1.29, 1.82) is 0 Å². The van der Waals surface area contributed by atoms with E-state index in [1.807, 2.05) is 0 Å². The highest BCUT2D eigenvalue weighted by Gasteiger charge is 2.37. The molecule has 0 aromatic heterocycles. The molecule has 2 N–H and O–H groups in total. The lowest BCUT2D eigenvalue weighted by atomic mass is 9.85. The second kappa shape index (κ2) is 7.15. The number of hydrogen-bond acceptors (Lipinski definition) is 5. The van der Waals surface area contributed by atoms with Crippen LogP contribution in [0.5, 0.6) is 11.5 Å². The van der Waals surface area contributed by atoms with E-state index < -0.39 is 5.97 Å². The van der Waals surface area contributed by atoms with E-state index in [1.54, 1.807) is 18.2 Å². The normalized spacial score (nSPS) is 24.0. The Morgan fingerprint density at radius 3 is 2.58 bits per heavy atom. The minimum atomic E-state index is -0.783. The maximum Gasteiger partial charge on any atom is 0.317 e. The van der Waals surface area contributed by atoms with Gasteiger partial charge in [0.25, 0.3) is 5.91 Å². The van der Waals surface area contributed by atoms with Gasteiger partial charge in [0.15, 0.2) is 11.5 Å². The smallest absolute Gasteiger partial charge is 0.317 e. The molecule has 140 valence electrons. The van der Waals surface area contributed by atoms with Crippen molar-refractivity contribution < 1.29 is 24.2 Å². The van der Waals surface area contributed by atoms with Crippen LogP contribution in [0.2, 0.25) is 0 Å². The number of amides is 1. The van der Waals surface area contributed by atoms with Crippen molar-refractivity contribution in [3.8, 4) is 11.5 Å². The van der Waals surface area contributed by atoms with Crippen molar-refractivity contribution in [2.45, 2.75) is 37.8 Å². The molecule has 2 fully saturated rings. The quantitative estimate of drug-likeness (QED) is 0.766. The van der Waals surface area contributed by atoms with Crippen LogP contribution in [-0.4, -0.2) is 60.3 Å². The average Bonchev–Trinajstić information content (AvgIpc) is 3.40. The molecule has 0 radical (unpaired) electrons. The number of nitrogens with one attached hydrogen (secondary N) is 1. The molecular formula is C19H24N2O5. The lowest BCUT2D eigenvalue weighted by molar-refractivity contribution is -0.139. The lowest BCUT2D eigenvalue weighted by Gasteiger charge is -2.42. The molecule has 0 spiro atoms. The van der Waals surface area contributed by atoms with Gasteiger partial charge in [-0.1, -0.05) is 0 Å². The molecule has 1 aliphatic heterocycles. The van der Waals surface area contributed by atoms with Gasteiger partial charge in [0.05, 0.1) is 6.54 Å². The molecule has 1 heterocycles. The highest BCUT2D eigenvalue weighted by Crippen LogP contribution is 2.34. The number of carboxylic acids is 1. The molecule has 7 nitrogen and oxygen atoms in total. The van der Waals surface area contributed by atoms with Gasteiger partial charge in [0, 0.05) is 24.2 Å². The zero-order valence-corrected chi connectivity index (χ0v) is 14.6. The maximum atomic E-state index is 12.5. The summed E-state index contributed by atoms with van der Waals surface area (Å²) in [6.07, 6.45) is 4.01. The Bertz CT molecular complexity index is 697. The number of aliphatic carboxylic acids is 1. The van der Waals surface area contributed by atoms with E-state index in [2.05, 4.69) is 10.2 Å². The Hall–Kier alpha value is -2.28. The number of rotatable bonds is 7. The first kappa shape index (κ1) is 17.1. The van der Waals surface area contributed by atoms with Crippen molar-refractivity contribution in [1.82, 2.24) is 10.2 Å². The molecule has 4 rings (SSSR count). The topological polar surface area (TPSA) is 88.1 Å². The SMILES string of the molecule is O=C(O)CN(CC1CC1)C1CC(NC(=O)c2ccc3c(c2)OCCO3)C1. The van der Waals surface area contributed by atoms with E-state index in [0.29, 0.717) is 36.2 Å². The number of benzene rings is 1. The fourth-order valence-corrected chi connectivity index (χ4v) is 3.61. The third kappa shape index (κ3) is 3.93. The van der Waals surface area contributed by atoms with Crippen LogP contribution in [0, 0.1) is 5.92 Å². The second-order valence-corrected chi connectivity index (χ2v) is 7.42. The summed E-state index contributed by atoms with van der Waals surface area (Å²) in [6.45, 7) is 1.96. The highest BCUT2D eigenvalue weighted by atomic mass is 16.6. The van der Waals surface area contributed by atoms with Crippen molar-refractivity contribution in [3.63, 3.8) is 0 Å². The molecule has 2 saturated carbocycles. The molecule has 0 unspecified atom stereocenters. The monoisotopic (exact) mass is 360 g/mol. The molecule has 1 aromatic rings. The summed E-state index contributed by atoms with van der Waals surface area (Å²) in [4.78, 5) is 25.6. The zero-order valence-electron chi connectivity index (χ0n) is 14.6. The largest absolute Gasteiger partial charge is 0.486 e. The van der Waals surface area contributed by atoms with Crippen LogP contribution < -0.4 is 14.8 Å². The third-order valence-corrected chi connectivity index (χ3v) is 5.30. The van der Waals surface area contributed by atoms with Crippen LogP contribution in [0.1, 0.15) is 36.0 Å². The van der Waals surface area contributed by atoms with Crippen molar-refractivity contribution in [3.05, 3.63) is 23.8 Å². The molecule has 0 atom stereocenters. The summed E-state index contributed by atoms with van der Waals surface area (Å²) >= 11 is 0. The van der Waals surface area contributed by atoms with Crippen LogP contribution in [-0.2, 0) is 4.79 Å². The number of fused-ring (bicyclic) bond motifs is 1. The van der Waals surface area contributed by atoms with E-state index in [4.69, 9.17) is 14.6 Å². The molecule has 1 amide bonds. The number of hydrogen-bond donors (Lipinski definition) is 2. The Labute approximate surface area is 152 Å². The van der Waals surface area contributed by atoms with Crippen molar-refractivity contribution >= 4 is 11.9 Å². The third-order valence-electron chi connectivity index (χ3n) is 5.30. The van der Waals surface area contributed by atoms with Gasteiger partial charge < -0.3 is 19.9 Å². The summed E-state index contributed by atoms with van der Waals surface area (Å²) in [5.74, 6) is 1.01. The van der Waals surface area contributed by atoms with E-state index in [9.17, 15) is 9.59 Å². The lowest BCUT2D eigenvalue weighted by Crippen LogP contribution is -2.55. The van der Waals surface area contributed by atoms with Gasteiger partial charge in [-0.15, -0.1) is 0 Å². The van der Waals surface area contributed by atoms with Gasteiger partial charge in [0.1, 0.15) is 13.2 Å². The maximum absolute atomic E-state index is 12.5. The predicted octanol–water partition coefficient (Wildman–Crippen LogP) is 1.52. The predicted molar refractivity (Wildman–Crippen MR) is 93.6 cm³/mol. The summed E-state index contributed by atoms with van der Waals surface area (Å²) in [6, 6.07) is 5.55. The standard InChI is InChI=1S/C19H24N2O5/c22-18(23)11-21(10-12-1-2-12)15-8-14(9-15)20-19(24)13-3-4-16-17(7-13)26-6-5-25-16/h3-4,7,12,14-15H,1-2,5-6,8-11H2,(H,20,24)(H,22,23). The molecule has 3 aliphatic rings. The number of ether oxygens (including phenoxy) is 2. The number of carboxylic acid groups (broad SMARTS) is 1. The first-order chi connectivity index (χ1) is 12.6. The average molecular weight is 360 g/mol. The van der Waals surface area contributed by atoms with E-state index in [-0.39, 0.29) is 24.5 Å². The first-order valence-corrected chi connectivity index (χ1v) is 9.25. The van der Waals surface area contributed by atoms with Crippen molar-refractivity contribution in [2.24, 2.45) is 5.92 Å². The Morgan fingerprint density at radius 1 is 1.15 bits per heavy atom. The van der Waals surface area contributed by atoms with Crippen LogP contribution >= 0.6 is 0 Å². The minimum absolute atomic E-state index is 0.0873. The van der Waals surface area contributed by atoms with Gasteiger partial charge in [-0.25, -0.2) is 0 Å². The van der Waals surface area contributed by atoms with Crippen LogP contribution in [0.15, 0.2) is 18.2 Å². The summed E-state index contributed by atoms with van der Waals surface area (Å²) in [7, 11) is 0. The van der Waals surface area contributed by atoms with Crippen LogP contribution in [0.4, 0.5) is 0 Å². The molecule has 0 saturated heterocycles. The van der Waals surface area contributed by atoms with Gasteiger partial charge in [-0.2, -0.15) is 0 Å². The summed E-state index contributed by atoms with van der Waals surface area (Å²) < 4.78 is 11.0. The van der Waals surface area contributed by atoms with Gasteiger partial charge in [0.2, 0.25) is 0 Å². The summed E-state index contributed by atoms with van der Waals surface area (Å²) in [5, 5.41) is 12.1. The zero-order chi connectivity index (χ0) is 18.1. The molecule has 26 heavy (non-hydrogen) atoms. The molecule has 2 aliphatic carbocycles. The van der Waals surface area contributed by atoms with Crippen LogP contribution in [0.25, 0.3) is 0 Å². The fraction of sp³-hybridized carbons (Fsp3) is 0.579. The van der Waals surface area contributed by atoms with Gasteiger partial charge in [-0.3, -0.25) is 14.5 Å². The highest BCUT2D eigenvalue weighted by molar-refractivity contribution is 5.95. The number of carbonyl (C=O) groups is 2. The molecule has 7 heteroatoms. The Morgan fingerprint density at radius 2 is 1.88 bits per heavy atom. The number of nitrogens with zero attached hydrogens (tertiary/aromatic N) is 1. The molecular weight excluding hydrogens is 336 g/mol. The van der Waals surface area contributed by atoms with Crippen LogP contribution in [0.3, 0.4) is 0 Å². The van der Waals surface area contributed by atoms with Gasteiger partial charge in [-0.05, 0) is 49.8 Å². The minimum Gasteiger partial charge on any atom is -0.486 e. The van der Waals surface area contributed by atoms with E-state index in [1.165, 1.54) is 12.8 Å². The van der Waals surface area contributed by atoms with E-state index >= 15 is 0 Å². The number of carbonyl (C=O) groups excluding carboxylic acids is 1. The molecule has 1 aromatic carbocycles. The van der Waals surface area contributed by atoms with Gasteiger partial charge >= 0.3 is 5.97 Å².